The van der Waals surface area contributed by atoms with Crippen LogP contribution in [0.5, 0.6) is 11.5 Å². The van der Waals surface area contributed by atoms with E-state index in [4.69, 9.17) is 21.1 Å². The van der Waals surface area contributed by atoms with Crippen LogP contribution >= 0.6 is 27.5 Å². The minimum Gasteiger partial charge on any atom is -0.493 e. The molecule has 8 heteroatoms. The molecule has 2 amide bonds. The highest BCUT2D eigenvalue weighted by molar-refractivity contribution is 9.10. The molecule has 0 unspecified atom stereocenters. The van der Waals surface area contributed by atoms with E-state index in [1.807, 2.05) is 26.0 Å². The molecule has 0 radical (unpaired) electrons. The lowest BCUT2D eigenvalue weighted by molar-refractivity contribution is -0.121. The fourth-order valence-corrected chi connectivity index (χ4v) is 3.29. The Morgan fingerprint density at radius 2 is 2.00 bits per heavy atom. The van der Waals surface area contributed by atoms with Crippen LogP contribution in [-0.4, -0.2) is 32.1 Å². The van der Waals surface area contributed by atoms with E-state index in [0.29, 0.717) is 34.4 Å². The standard InChI is InChI=1S/C22H24BrClN2O4/c1-4-9-30-22-17(24)11-15(12-19(22)29-3)5-8-20(27)25-13-21(28)26-18-7-6-16(23)10-14(18)2/h5-8,10-12H,4,9,13H2,1-3H3,(H,25,27)(H,26,28)/b8-5+. The Morgan fingerprint density at radius 3 is 2.67 bits per heavy atom. The maximum Gasteiger partial charge on any atom is 0.244 e. The van der Waals surface area contributed by atoms with Gasteiger partial charge in [0.15, 0.2) is 11.5 Å². The first kappa shape index (κ1) is 23.8. The summed E-state index contributed by atoms with van der Waals surface area (Å²) in [5.74, 6) is 0.242. The molecule has 2 aromatic carbocycles. The van der Waals surface area contributed by atoms with Crippen LogP contribution in [0.3, 0.4) is 0 Å². The molecule has 0 aromatic heterocycles. The van der Waals surface area contributed by atoms with Crippen molar-refractivity contribution < 1.29 is 19.1 Å². The summed E-state index contributed by atoms with van der Waals surface area (Å²) in [7, 11) is 1.52. The second kappa shape index (κ2) is 11.6. The highest BCUT2D eigenvalue weighted by Crippen LogP contribution is 2.36. The van der Waals surface area contributed by atoms with Crippen molar-refractivity contribution in [2.45, 2.75) is 20.3 Å². The number of methoxy groups -OCH3 is 1. The zero-order valence-electron chi connectivity index (χ0n) is 17.1. The van der Waals surface area contributed by atoms with E-state index in [0.717, 1.165) is 16.5 Å². The van der Waals surface area contributed by atoms with Crippen molar-refractivity contribution in [2.24, 2.45) is 0 Å². The first-order chi connectivity index (χ1) is 14.3. The summed E-state index contributed by atoms with van der Waals surface area (Å²) in [6.45, 7) is 4.26. The van der Waals surface area contributed by atoms with E-state index in [1.165, 1.54) is 13.2 Å². The molecule has 0 aliphatic carbocycles. The van der Waals surface area contributed by atoms with Gasteiger partial charge in [-0.1, -0.05) is 34.5 Å². The predicted octanol–water partition coefficient (Wildman–Crippen LogP) is 4.98. The van der Waals surface area contributed by atoms with E-state index in [1.54, 1.807) is 24.3 Å². The van der Waals surface area contributed by atoms with Gasteiger partial charge in [-0.15, -0.1) is 0 Å². The van der Waals surface area contributed by atoms with E-state index in [-0.39, 0.29) is 12.5 Å². The average Bonchev–Trinajstić information content (AvgIpc) is 2.71. The van der Waals surface area contributed by atoms with Crippen LogP contribution in [0.25, 0.3) is 6.08 Å². The molecule has 0 atom stereocenters. The molecule has 2 rings (SSSR count). The molecular formula is C22H24BrClN2O4. The molecular weight excluding hydrogens is 472 g/mol. The van der Waals surface area contributed by atoms with Crippen LogP contribution in [0, 0.1) is 6.92 Å². The maximum absolute atomic E-state index is 12.1. The van der Waals surface area contributed by atoms with Crippen molar-refractivity contribution in [2.75, 3.05) is 25.6 Å². The molecule has 30 heavy (non-hydrogen) atoms. The van der Waals surface area contributed by atoms with E-state index >= 15 is 0 Å². The van der Waals surface area contributed by atoms with E-state index in [9.17, 15) is 9.59 Å². The Kier molecular flexibility index (Phi) is 9.20. The van der Waals surface area contributed by atoms with Crippen LogP contribution in [0.4, 0.5) is 5.69 Å². The van der Waals surface area contributed by atoms with Gasteiger partial charge in [-0.25, -0.2) is 0 Å². The van der Waals surface area contributed by atoms with Crippen LogP contribution in [0.15, 0.2) is 40.9 Å². The molecule has 0 heterocycles. The molecule has 0 saturated carbocycles. The first-order valence-electron chi connectivity index (χ1n) is 9.36. The summed E-state index contributed by atoms with van der Waals surface area (Å²) >= 11 is 9.65. The Balaban J connectivity index is 1.94. The number of ether oxygens (including phenoxy) is 2. The molecule has 0 aliphatic heterocycles. The Hall–Kier alpha value is -2.51. The lowest BCUT2D eigenvalue weighted by Gasteiger charge is -2.12. The summed E-state index contributed by atoms with van der Waals surface area (Å²) < 4.78 is 11.9. The normalized spacial score (nSPS) is 10.7. The van der Waals surface area contributed by atoms with E-state index in [2.05, 4.69) is 26.6 Å². The lowest BCUT2D eigenvalue weighted by atomic mass is 10.2. The largest absolute Gasteiger partial charge is 0.493 e. The number of halogens is 2. The minimum absolute atomic E-state index is 0.146. The first-order valence-corrected chi connectivity index (χ1v) is 10.5. The Morgan fingerprint density at radius 1 is 1.23 bits per heavy atom. The third-order valence-corrected chi connectivity index (χ3v) is 4.79. The fourth-order valence-electron chi connectivity index (χ4n) is 2.54. The van der Waals surface area contributed by atoms with Crippen LogP contribution in [-0.2, 0) is 9.59 Å². The topological polar surface area (TPSA) is 76.7 Å². The smallest absolute Gasteiger partial charge is 0.244 e. The van der Waals surface area contributed by atoms with Crippen LogP contribution in [0.2, 0.25) is 5.02 Å². The molecule has 6 nitrogen and oxygen atoms in total. The van der Waals surface area contributed by atoms with Gasteiger partial charge < -0.3 is 20.1 Å². The SMILES string of the molecule is CCCOc1c(Cl)cc(/C=C/C(=O)NCC(=O)Nc2ccc(Br)cc2C)cc1OC. The molecule has 2 aromatic rings. The van der Waals surface area contributed by atoms with Crippen molar-refractivity contribution >= 4 is 51.1 Å². The predicted molar refractivity (Wildman–Crippen MR) is 123 cm³/mol. The maximum atomic E-state index is 12.1. The average molecular weight is 496 g/mol. The number of amides is 2. The number of carbonyl (C=O) groups is 2. The summed E-state index contributed by atoms with van der Waals surface area (Å²) in [5, 5.41) is 5.71. The number of hydrogen-bond donors (Lipinski definition) is 2. The zero-order chi connectivity index (χ0) is 22.1. The van der Waals surface area contributed by atoms with Gasteiger partial charge in [-0.3, -0.25) is 9.59 Å². The summed E-state index contributed by atoms with van der Waals surface area (Å²) in [6.07, 6.45) is 3.76. The molecule has 0 bridgehead atoms. The van der Waals surface area contributed by atoms with Gasteiger partial charge in [0.1, 0.15) is 0 Å². The summed E-state index contributed by atoms with van der Waals surface area (Å²) in [6, 6.07) is 8.94. The molecule has 2 N–H and O–H groups in total. The molecule has 0 saturated heterocycles. The number of benzene rings is 2. The van der Waals surface area contributed by atoms with E-state index < -0.39 is 5.91 Å². The Bertz CT molecular complexity index is 947. The number of nitrogens with one attached hydrogen (secondary N) is 2. The third kappa shape index (κ3) is 7.07. The van der Waals surface area contributed by atoms with Crippen molar-refractivity contribution in [3.05, 3.63) is 57.0 Å². The highest BCUT2D eigenvalue weighted by atomic mass is 79.9. The monoisotopic (exact) mass is 494 g/mol. The number of rotatable bonds is 9. The van der Waals surface area contributed by atoms with Crippen molar-refractivity contribution in [1.82, 2.24) is 5.32 Å². The minimum atomic E-state index is -0.404. The van der Waals surface area contributed by atoms with Gasteiger partial charge in [0.2, 0.25) is 11.8 Å². The van der Waals surface area contributed by atoms with Crippen molar-refractivity contribution in [1.29, 1.82) is 0 Å². The molecule has 0 aliphatic rings. The van der Waals surface area contributed by atoms with Gasteiger partial charge in [-0.05, 0) is 60.9 Å². The quantitative estimate of drug-likeness (QED) is 0.481. The number of anilines is 1. The lowest BCUT2D eigenvalue weighted by Crippen LogP contribution is -2.31. The molecule has 0 spiro atoms. The molecule has 0 fully saturated rings. The van der Waals surface area contributed by atoms with Crippen molar-refractivity contribution in [3.8, 4) is 11.5 Å². The number of hydrogen-bond acceptors (Lipinski definition) is 4. The van der Waals surface area contributed by atoms with Crippen molar-refractivity contribution in [3.63, 3.8) is 0 Å². The number of aryl methyl sites for hydroxylation is 1. The zero-order valence-corrected chi connectivity index (χ0v) is 19.4. The highest BCUT2D eigenvalue weighted by Gasteiger charge is 2.11. The summed E-state index contributed by atoms with van der Waals surface area (Å²) in [4.78, 5) is 24.1. The van der Waals surface area contributed by atoms with Gasteiger partial charge in [0.25, 0.3) is 0 Å². The molecule has 160 valence electrons. The van der Waals surface area contributed by atoms with Gasteiger partial charge >= 0.3 is 0 Å². The van der Waals surface area contributed by atoms with Gasteiger partial charge in [0, 0.05) is 16.2 Å². The third-order valence-electron chi connectivity index (χ3n) is 4.02. The Labute approximate surface area is 189 Å². The van der Waals surface area contributed by atoms with Gasteiger partial charge in [-0.2, -0.15) is 0 Å². The fraction of sp³-hybridized carbons (Fsp3) is 0.273. The number of carbonyl (C=O) groups excluding carboxylic acids is 2. The summed E-state index contributed by atoms with van der Waals surface area (Å²) in [5.41, 5.74) is 2.28. The van der Waals surface area contributed by atoms with Crippen LogP contribution < -0.4 is 20.1 Å². The second-order valence-electron chi connectivity index (χ2n) is 6.44. The van der Waals surface area contributed by atoms with Gasteiger partial charge in [0.05, 0.1) is 25.3 Å². The second-order valence-corrected chi connectivity index (χ2v) is 7.76. The van der Waals surface area contributed by atoms with Crippen LogP contribution in [0.1, 0.15) is 24.5 Å².